The molecule has 114 valence electrons. The van der Waals surface area contributed by atoms with Crippen LogP contribution in [0.2, 0.25) is 5.02 Å². The lowest BCUT2D eigenvalue weighted by atomic mass is 9.96. The van der Waals surface area contributed by atoms with Crippen LogP contribution in [-0.2, 0) is 0 Å². The molecule has 1 atom stereocenters. The summed E-state index contributed by atoms with van der Waals surface area (Å²) in [6.45, 7) is 0.806. The fourth-order valence-electron chi connectivity index (χ4n) is 3.12. The predicted octanol–water partition coefficient (Wildman–Crippen LogP) is 4.43. The van der Waals surface area contributed by atoms with Gasteiger partial charge in [-0.05, 0) is 30.5 Å². The molecule has 2 aliphatic rings. The third kappa shape index (κ3) is 3.67. The lowest BCUT2D eigenvalue weighted by Crippen LogP contribution is -2.45. The average Bonchev–Trinajstić information content (AvgIpc) is 2.98. The standard InChI is InChI=1S/C16H21ClN2OS/c17-13-6-4-5-12(11-13)15-19(9-10-21-15)16(20)18-14-7-2-1-3-8-14/h4-6,11,14-15H,1-3,7-10H2,(H,18,20)/t15-/m1/s1. The molecular formula is C16H21ClN2OS. The van der Waals surface area contributed by atoms with Crippen molar-refractivity contribution in [3.8, 4) is 0 Å². The highest BCUT2D eigenvalue weighted by Gasteiger charge is 2.31. The highest BCUT2D eigenvalue weighted by molar-refractivity contribution is 7.99. The van der Waals surface area contributed by atoms with Crippen molar-refractivity contribution in [1.29, 1.82) is 0 Å². The zero-order valence-corrected chi connectivity index (χ0v) is 13.6. The second-order valence-corrected chi connectivity index (χ2v) is 7.38. The molecule has 0 spiro atoms. The number of carbonyl (C=O) groups excluding carboxylic acids is 1. The van der Waals surface area contributed by atoms with E-state index in [1.54, 1.807) is 0 Å². The summed E-state index contributed by atoms with van der Waals surface area (Å²) in [6.07, 6.45) is 6.01. The summed E-state index contributed by atoms with van der Waals surface area (Å²) in [4.78, 5) is 14.5. The normalized spacial score (nSPS) is 23.3. The van der Waals surface area contributed by atoms with E-state index in [2.05, 4.69) is 11.4 Å². The van der Waals surface area contributed by atoms with Crippen LogP contribution in [0.3, 0.4) is 0 Å². The molecule has 5 heteroatoms. The molecule has 1 aromatic carbocycles. The third-order valence-corrected chi connectivity index (χ3v) is 5.71. The minimum Gasteiger partial charge on any atom is -0.335 e. The molecule has 1 N–H and O–H groups in total. The molecule has 0 radical (unpaired) electrons. The number of nitrogens with one attached hydrogen (secondary N) is 1. The van der Waals surface area contributed by atoms with Crippen LogP contribution in [0.15, 0.2) is 24.3 Å². The summed E-state index contributed by atoms with van der Waals surface area (Å²) in [5, 5.41) is 4.04. The maximum atomic E-state index is 12.6. The van der Waals surface area contributed by atoms with Crippen molar-refractivity contribution in [2.75, 3.05) is 12.3 Å². The van der Waals surface area contributed by atoms with E-state index in [0.717, 1.165) is 35.7 Å². The molecule has 21 heavy (non-hydrogen) atoms. The highest BCUT2D eigenvalue weighted by Crippen LogP contribution is 2.38. The van der Waals surface area contributed by atoms with Gasteiger partial charge in [0, 0.05) is 23.4 Å². The molecule has 1 aromatic rings. The maximum absolute atomic E-state index is 12.6. The van der Waals surface area contributed by atoms with Crippen LogP contribution >= 0.6 is 23.4 Å². The van der Waals surface area contributed by atoms with Crippen LogP contribution < -0.4 is 5.32 Å². The molecule has 2 amide bonds. The number of rotatable bonds is 2. The first-order chi connectivity index (χ1) is 10.2. The number of hydrogen-bond donors (Lipinski definition) is 1. The zero-order chi connectivity index (χ0) is 14.7. The maximum Gasteiger partial charge on any atom is 0.318 e. The third-order valence-electron chi connectivity index (χ3n) is 4.22. The smallest absolute Gasteiger partial charge is 0.318 e. The summed E-state index contributed by atoms with van der Waals surface area (Å²) in [6, 6.07) is 8.28. The van der Waals surface area contributed by atoms with Crippen molar-refractivity contribution in [2.24, 2.45) is 0 Å². The molecular weight excluding hydrogens is 304 g/mol. The summed E-state index contributed by atoms with van der Waals surface area (Å²) in [7, 11) is 0. The first-order valence-corrected chi connectivity index (χ1v) is 9.11. The van der Waals surface area contributed by atoms with Gasteiger partial charge in [-0.1, -0.05) is 43.0 Å². The summed E-state index contributed by atoms with van der Waals surface area (Å²) >= 11 is 7.89. The summed E-state index contributed by atoms with van der Waals surface area (Å²) in [5.74, 6) is 0.981. The first-order valence-electron chi connectivity index (χ1n) is 7.68. The van der Waals surface area contributed by atoms with E-state index in [-0.39, 0.29) is 11.4 Å². The fraction of sp³-hybridized carbons (Fsp3) is 0.562. The Labute approximate surface area is 135 Å². The second kappa shape index (κ2) is 6.93. The predicted molar refractivity (Wildman–Crippen MR) is 88.8 cm³/mol. The quantitative estimate of drug-likeness (QED) is 0.872. The topological polar surface area (TPSA) is 32.3 Å². The Hall–Kier alpha value is -0.870. The number of thioether (sulfide) groups is 1. The van der Waals surface area contributed by atoms with E-state index in [0.29, 0.717) is 6.04 Å². The van der Waals surface area contributed by atoms with Gasteiger partial charge in [0.2, 0.25) is 0 Å². The molecule has 1 saturated carbocycles. The Morgan fingerprint density at radius 1 is 1.29 bits per heavy atom. The van der Waals surface area contributed by atoms with Gasteiger partial charge in [-0.15, -0.1) is 11.8 Å². The van der Waals surface area contributed by atoms with E-state index >= 15 is 0 Å². The van der Waals surface area contributed by atoms with Crippen LogP contribution in [0.25, 0.3) is 0 Å². The van der Waals surface area contributed by atoms with Gasteiger partial charge in [0.15, 0.2) is 0 Å². The number of benzene rings is 1. The van der Waals surface area contributed by atoms with Crippen molar-refractivity contribution in [2.45, 2.75) is 43.5 Å². The summed E-state index contributed by atoms with van der Waals surface area (Å²) < 4.78 is 0. The average molecular weight is 325 g/mol. The Balaban J connectivity index is 1.67. The van der Waals surface area contributed by atoms with E-state index in [4.69, 9.17) is 11.6 Å². The van der Waals surface area contributed by atoms with Crippen LogP contribution in [-0.4, -0.2) is 29.3 Å². The number of hydrogen-bond acceptors (Lipinski definition) is 2. The molecule has 1 aliphatic heterocycles. The minimum atomic E-state index is 0.0804. The van der Waals surface area contributed by atoms with Crippen molar-refractivity contribution in [3.63, 3.8) is 0 Å². The second-order valence-electron chi connectivity index (χ2n) is 5.76. The van der Waals surface area contributed by atoms with Gasteiger partial charge in [0.25, 0.3) is 0 Å². The first kappa shape index (κ1) is 15.0. The molecule has 1 aliphatic carbocycles. The SMILES string of the molecule is O=C(NC1CCCCC1)N1CCS[C@@H]1c1cccc(Cl)c1. The lowest BCUT2D eigenvalue weighted by molar-refractivity contribution is 0.192. The van der Waals surface area contributed by atoms with Gasteiger partial charge in [-0.3, -0.25) is 0 Å². The minimum absolute atomic E-state index is 0.0804. The van der Waals surface area contributed by atoms with Crippen LogP contribution in [0.1, 0.15) is 43.0 Å². The number of nitrogens with zero attached hydrogens (tertiary/aromatic N) is 1. The Kier molecular flexibility index (Phi) is 4.96. The number of amides is 2. The molecule has 1 saturated heterocycles. The van der Waals surface area contributed by atoms with Crippen LogP contribution in [0, 0.1) is 0 Å². The van der Waals surface area contributed by atoms with Gasteiger partial charge in [-0.25, -0.2) is 4.79 Å². The Morgan fingerprint density at radius 2 is 2.10 bits per heavy atom. The zero-order valence-electron chi connectivity index (χ0n) is 12.1. The Bertz CT molecular complexity index is 505. The van der Waals surface area contributed by atoms with Crippen molar-refractivity contribution < 1.29 is 4.79 Å². The van der Waals surface area contributed by atoms with E-state index in [9.17, 15) is 4.79 Å². The summed E-state index contributed by atoms with van der Waals surface area (Å²) in [5.41, 5.74) is 1.11. The number of urea groups is 1. The highest BCUT2D eigenvalue weighted by atomic mass is 35.5. The Morgan fingerprint density at radius 3 is 2.86 bits per heavy atom. The van der Waals surface area contributed by atoms with E-state index in [1.165, 1.54) is 19.3 Å². The molecule has 3 rings (SSSR count). The molecule has 0 bridgehead atoms. The lowest BCUT2D eigenvalue weighted by Gasteiger charge is -2.29. The van der Waals surface area contributed by atoms with Crippen LogP contribution in [0.5, 0.6) is 0 Å². The van der Waals surface area contributed by atoms with Gasteiger partial charge in [-0.2, -0.15) is 0 Å². The van der Waals surface area contributed by atoms with E-state index < -0.39 is 0 Å². The van der Waals surface area contributed by atoms with Gasteiger partial charge >= 0.3 is 6.03 Å². The number of halogens is 1. The molecule has 3 nitrogen and oxygen atoms in total. The fourth-order valence-corrected chi connectivity index (χ4v) is 4.56. The monoisotopic (exact) mass is 324 g/mol. The molecule has 2 fully saturated rings. The van der Waals surface area contributed by atoms with Crippen molar-refractivity contribution in [1.82, 2.24) is 10.2 Å². The molecule has 1 heterocycles. The largest absolute Gasteiger partial charge is 0.335 e. The van der Waals surface area contributed by atoms with Gasteiger partial charge in [0.05, 0.1) is 0 Å². The number of carbonyl (C=O) groups is 1. The van der Waals surface area contributed by atoms with E-state index in [1.807, 2.05) is 34.9 Å². The van der Waals surface area contributed by atoms with Crippen molar-refractivity contribution >= 4 is 29.4 Å². The van der Waals surface area contributed by atoms with Crippen LogP contribution in [0.4, 0.5) is 4.79 Å². The molecule has 0 aromatic heterocycles. The van der Waals surface area contributed by atoms with Gasteiger partial charge in [0.1, 0.15) is 5.37 Å². The van der Waals surface area contributed by atoms with Crippen molar-refractivity contribution in [3.05, 3.63) is 34.9 Å². The molecule has 0 unspecified atom stereocenters. The van der Waals surface area contributed by atoms with Gasteiger partial charge < -0.3 is 10.2 Å².